The van der Waals surface area contributed by atoms with Gasteiger partial charge in [0.2, 0.25) is 0 Å². The molecule has 1 saturated heterocycles. The van der Waals surface area contributed by atoms with E-state index in [0.29, 0.717) is 19.5 Å². The molecule has 2 N–H and O–H groups in total. The number of aliphatic carboxylic acids is 1. The maximum absolute atomic E-state index is 11.3. The van der Waals surface area contributed by atoms with Gasteiger partial charge in [-0.1, -0.05) is 6.92 Å². The molecular weight excluding hydrogens is 184 g/mol. The van der Waals surface area contributed by atoms with Crippen LogP contribution >= 0.6 is 0 Å². The van der Waals surface area contributed by atoms with Crippen molar-refractivity contribution in [2.24, 2.45) is 0 Å². The molecule has 1 aliphatic heterocycles. The molecule has 0 spiro atoms. The van der Waals surface area contributed by atoms with Crippen molar-refractivity contribution in [1.29, 1.82) is 0 Å². The normalized spacial score (nSPS) is 18.1. The summed E-state index contributed by atoms with van der Waals surface area (Å²) in [6.07, 6.45) is 1.47. The first-order valence-electron chi connectivity index (χ1n) is 4.91. The number of carboxylic acid groups (broad SMARTS) is 1. The first-order chi connectivity index (χ1) is 6.65. The molecule has 0 aromatic heterocycles. The van der Waals surface area contributed by atoms with E-state index in [2.05, 4.69) is 5.32 Å². The smallest absolute Gasteiger partial charge is 0.317 e. The highest BCUT2D eigenvalue weighted by Crippen LogP contribution is 2.13. The molecule has 0 aromatic rings. The van der Waals surface area contributed by atoms with Crippen molar-refractivity contribution >= 4 is 12.0 Å². The van der Waals surface area contributed by atoms with E-state index in [1.165, 1.54) is 0 Å². The van der Waals surface area contributed by atoms with Crippen LogP contribution in [0.15, 0.2) is 0 Å². The number of nitrogens with zero attached hydrogens (tertiary/aromatic N) is 1. The lowest BCUT2D eigenvalue weighted by molar-refractivity contribution is -0.137. The van der Waals surface area contributed by atoms with Gasteiger partial charge in [0.15, 0.2) is 0 Å². The summed E-state index contributed by atoms with van der Waals surface area (Å²) < 4.78 is 0. The lowest BCUT2D eigenvalue weighted by Crippen LogP contribution is -2.37. The second-order valence-electron chi connectivity index (χ2n) is 3.42. The van der Waals surface area contributed by atoms with Crippen molar-refractivity contribution in [2.45, 2.75) is 32.2 Å². The zero-order chi connectivity index (χ0) is 10.6. The van der Waals surface area contributed by atoms with Crippen LogP contribution in [0.5, 0.6) is 0 Å². The molecule has 0 aromatic carbocycles. The molecule has 2 amide bonds. The van der Waals surface area contributed by atoms with Crippen LogP contribution in [0.1, 0.15) is 26.2 Å². The number of carbonyl (C=O) groups excluding carboxylic acids is 1. The van der Waals surface area contributed by atoms with Crippen LogP contribution in [0.2, 0.25) is 0 Å². The van der Waals surface area contributed by atoms with E-state index in [4.69, 9.17) is 5.11 Å². The Kier molecular flexibility index (Phi) is 3.73. The van der Waals surface area contributed by atoms with Gasteiger partial charge < -0.3 is 15.3 Å². The number of amides is 2. The zero-order valence-electron chi connectivity index (χ0n) is 8.32. The SMILES string of the molecule is CCC(CCC(=O)O)N1CCNC1=O. The Balaban J connectivity index is 2.44. The minimum Gasteiger partial charge on any atom is -0.481 e. The fraction of sp³-hybridized carbons (Fsp3) is 0.778. The predicted molar refractivity (Wildman–Crippen MR) is 51.1 cm³/mol. The number of hydrogen-bond donors (Lipinski definition) is 2. The van der Waals surface area contributed by atoms with Crippen molar-refractivity contribution in [1.82, 2.24) is 10.2 Å². The molecule has 5 nitrogen and oxygen atoms in total. The standard InChI is InChI=1S/C9H16N2O3/c1-2-7(3-4-8(12)13)11-6-5-10-9(11)14/h7H,2-6H2,1H3,(H,10,14)(H,12,13). The third-order valence-corrected chi connectivity index (χ3v) is 2.49. The van der Waals surface area contributed by atoms with E-state index < -0.39 is 5.97 Å². The number of rotatable bonds is 5. The van der Waals surface area contributed by atoms with Crippen molar-refractivity contribution in [3.63, 3.8) is 0 Å². The lowest BCUT2D eigenvalue weighted by Gasteiger charge is -2.24. The van der Waals surface area contributed by atoms with Gasteiger partial charge in [-0.15, -0.1) is 0 Å². The second kappa shape index (κ2) is 4.83. The molecule has 5 heteroatoms. The summed E-state index contributed by atoms with van der Waals surface area (Å²) in [7, 11) is 0. The van der Waals surface area contributed by atoms with Gasteiger partial charge in [-0.3, -0.25) is 4.79 Å². The van der Waals surface area contributed by atoms with Gasteiger partial charge in [-0.25, -0.2) is 4.79 Å². The number of nitrogens with one attached hydrogen (secondary N) is 1. The van der Waals surface area contributed by atoms with Crippen molar-refractivity contribution < 1.29 is 14.7 Å². The van der Waals surface area contributed by atoms with E-state index in [1.807, 2.05) is 6.92 Å². The maximum Gasteiger partial charge on any atom is 0.317 e. The van der Waals surface area contributed by atoms with E-state index in [9.17, 15) is 9.59 Å². The molecule has 1 aliphatic rings. The molecule has 80 valence electrons. The Morgan fingerprint density at radius 2 is 2.43 bits per heavy atom. The van der Waals surface area contributed by atoms with Crippen LogP contribution in [-0.2, 0) is 4.79 Å². The minimum atomic E-state index is -0.803. The van der Waals surface area contributed by atoms with Gasteiger partial charge in [0.05, 0.1) is 0 Å². The fourth-order valence-corrected chi connectivity index (χ4v) is 1.71. The Labute approximate surface area is 83.1 Å². The topological polar surface area (TPSA) is 69.6 Å². The quantitative estimate of drug-likeness (QED) is 0.684. The van der Waals surface area contributed by atoms with E-state index >= 15 is 0 Å². The minimum absolute atomic E-state index is 0.0635. The fourth-order valence-electron chi connectivity index (χ4n) is 1.71. The van der Waals surface area contributed by atoms with Crippen LogP contribution in [0.4, 0.5) is 4.79 Å². The highest BCUT2D eigenvalue weighted by molar-refractivity contribution is 5.76. The van der Waals surface area contributed by atoms with Crippen LogP contribution < -0.4 is 5.32 Å². The van der Waals surface area contributed by atoms with Gasteiger partial charge in [-0.05, 0) is 12.8 Å². The van der Waals surface area contributed by atoms with Crippen LogP contribution in [-0.4, -0.2) is 41.1 Å². The maximum atomic E-state index is 11.3. The average molecular weight is 200 g/mol. The highest BCUT2D eigenvalue weighted by Gasteiger charge is 2.26. The third kappa shape index (κ3) is 2.61. The van der Waals surface area contributed by atoms with Gasteiger partial charge >= 0.3 is 12.0 Å². The Hall–Kier alpha value is -1.26. The van der Waals surface area contributed by atoms with Crippen LogP contribution in [0.3, 0.4) is 0 Å². The Morgan fingerprint density at radius 1 is 1.71 bits per heavy atom. The van der Waals surface area contributed by atoms with E-state index in [-0.39, 0.29) is 18.5 Å². The van der Waals surface area contributed by atoms with Crippen molar-refractivity contribution in [2.75, 3.05) is 13.1 Å². The predicted octanol–water partition coefficient (Wildman–Crippen LogP) is 0.655. The average Bonchev–Trinajstić information content (AvgIpc) is 2.53. The largest absolute Gasteiger partial charge is 0.481 e. The summed E-state index contributed by atoms with van der Waals surface area (Å²) in [4.78, 5) is 23.4. The summed E-state index contributed by atoms with van der Waals surface area (Å²) in [5.74, 6) is -0.803. The number of carbonyl (C=O) groups is 2. The van der Waals surface area contributed by atoms with Gasteiger partial charge in [0.1, 0.15) is 0 Å². The zero-order valence-corrected chi connectivity index (χ0v) is 8.32. The molecule has 0 aliphatic carbocycles. The van der Waals surface area contributed by atoms with Crippen LogP contribution in [0, 0.1) is 0 Å². The van der Waals surface area contributed by atoms with E-state index in [1.54, 1.807) is 4.90 Å². The molecule has 1 heterocycles. The second-order valence-corrected chi connectivity index (χ2v) is 3.42. The summed E-state index contributed by atoms with van der Waals surface area (Å²) in [6.45, 7) is 3.33. The summed E-state index contributed by atoms with van der Waals surface area (Å²) in [5.41, 5.74) is 0. The molecule has 1 unspecified atom stereocenters. The molecule has 0 radical (unpaired) electrons. The number of hydrogen-bond acceptors (Lipinski definition) is 2. The summed E-state index contributed by atoms with van der Waals surface area (Å²) in [5, 5.41) is 11.3. The van der Waals surface area contributed by atoms with Gasteiger partial charge in [0.25, 0.3) is 0 Å². The van der Waals surface area contributed by atoms with Crippen LogP contribution in [0.25, 0.3) is 0 Å². The first-order valence-corrected chi connectivity index (χ1v) is 4.91. The van der Waals surface area contributed by atoms with Crippen molar-refractivity contribution in [3.05, 3.63) is 0 Å². The van der Waals surface area contributed by atoms with Crippen molar-refractivity contribution in [3.8, 4) is 0 Å². The number of carboxylic acids is 1. The Bertz CT molecular complexity index is 230. The molecule has 0 bridgehead atoms. The highest BCUT2D eigenvalue weighted by atomic mass is 16.4. The van der Waals surface area contributed by atoms with Gasteiger partial charge in [-0.2, -0.15) is 0 Å². The molecule has 0 saturated carbocycles. The Morgan fingerprint density at radius 3 is 2.86 bits per heavy atom. The summed E-state index contributed by atoms with van der Waals surface area (Å²) in [6, 6.07) is -0.00385. The summed E-state index contributed by atoms with van der Waals surface area (Å²) >= 11 is 0. The van der Waals surface area contributed by atoms with Gasteiger partial charge in [0, 0.05) is 25.6 Å². The molecule has 14 heavy (non-hydrogen) atoms. The number of urea groups is 1. The monoisotopic (exact) mass is 200 g/mol. The molecule has 1 atom stereocenters. The first kappa shape index (κ1) is 10.8. The van der Waals surface area contributed by atoms with E-state index in [0.717, 1.165) is 6.42 Å². The molecular formula is C9H16N2O3. The molecule has 1 rings (SSSR count). The lowest BCUT2D eigenvalue weighted by atomic mass is 10.1. The third-order valence-electron chi connectivity index (χ3n) is 2.49. The molecule has 1 fully saturated rings.